The summed E-state index contributed by atoms with van der Waals surface area (Å²) in [6, 6.07) is 0.264. The van der Waals surface area contributed by atoms with Crippen LogP contribution in [0.3, 0.4) is 0 Å². The number of hydrogen-bond donors (Lipinski definition) is 2. The minimum absolute atomic E-state index is 0.264. The smallest absolute Gasteiger partial charge is 0.323 e. The number of carboxylic acid groups (broad SMARTS) is 1. The van der Waals surface area contributed by atoms with Crippen LogP contribution in [0.1, 0.15) is 40.0 Å². The third-order valence-corrected chi connectivity index (χ3v) is 3.34. The monoisotopic (exact) mass is 230 g/mol. The molecule has 4 heteroatoms. The van der Waals surface area contributed by atoms with Gasteiger partial charge in [-0.05, 0) is 47.3 Å². The second kappa shape index (κ2) is 6.86. The lowest BCUT2D eigenvalue weighted by atomic mass is 9.93. The first-order valence-corrected chi connectivity index (χ1v) is 6.00. The van der Waals surface area contributed by atoms with E-state index in [1.54, 1.807) is 14.0 Å². The van der Waals surface area contributed by atoms with Crippen LogP contribution >= 0.6 is 0 Å². The zero-order valence-corrected chi connectivity index (χ0v) is 11.2. The maximum Gasteiger partial charge on any atom is 0.323 e. The number of carboxylic acids is 1. The number of nitrogens with one attached hydrogen (secondary N) is 1. The molecule has 0 bridgehead atoms. The molecule has 0 aromatic rings. The van der Waals surface area contributed by atoms with Crippen molar-refractivity contribution < 1.29 is 9.90 Å². The van der Waals surface area contributed by atoms with E-state index in [2.05, 4.69) is 31.1 Å². The van der Waals surface area contributed by atoms with Crippen molar-refractivity contribution >= 4 is 5.97 Å². The van der Waals surface area contributed by atoms with Crippen molar-refractivity contribution in [2.45, 2.75) is 51.6 Å². The Morgan fingerprint density at radius 1 is 1.56 bits per heavy atom. The number of carbonyl (C=O) groups is 1. The van der Waals surface area contributed by atoms with Gasteiger partial charge in [0, 0.05) is 6.04 Å². The third-order valence-electron chi connectivity index (χ3n) is 3.34. The normalized spacial score (nSPS) is 17.1. The van der Waals surface area contributed by atoms with Gasteiger partial charge in [-0.2, -0.15) is 0 Å². The summed E-state index contributed by atoms with van der Waals surface area (Å²) in [4.78, 5) is 13.4. The molecule has 0 heterocycles. The molecule has 4 nitrogen and oxygen atoms in total. The molecule has 0 aliphatic carbocycles. The van der Waals surface area contributed by atoms with E-state index in [9.17, 15) is 4.79 Å². The van der Waals surface area contributed by atoms with E-state index in [0.29, 0.717) is 6.42 Å². The quantitative estimate of drug-likeness (QED) is 0.664. The number of nitrogens with zero attached hydrogens (tertiary/aromatic N) is 1. The summed E-state index contributed by atoms with van der Waals surface area (Å²) in [6.45, 7) is 7.00. The highest BCUT2D eigenvalue weighted by molar-refractivity contribution is 5.78. The number of aliphatic carboxylic acids is 1. The molecule has 0 saturated heterocycles. The zero-order chi connectivity index (χ0) is 12.8. The van der Waals surface area contributed by atoms with Gasteiger partial charge in [-0.1, -0.05) is 13.3 Å². The van der Waals surface area contributed by atoms with Gasteiger partial charge in [-0.3, -0.25) is 4.79 Å². The molecule has 2 N–H and O–H groups in total. The lowest BCUT2D eigenvalue weighted by molar-refractivity contribution is -0.144. The molecule has 0 aromatic carbocycles. The first kappa shape index (κ1) is 15.4. The summed E-state index contributed by atoms with van der Waals surface area (Å²) in [5, 5.41) is 12.1. The first-order valence-electron chi connectivity index (χ1n) is 6.00. The van der Waals surface area contributed by atoms with E-state index in [0.717, 1.165) is 13.0 Å². The van der Waals surface area contributed by atoms with Crippen LogP contribution in [0, 0.1) is 0 Å². The van der Waals surface area contributed by atoms with Crippen molar-refractivity contribution in [3.8, 4) is 0 Å². The average Bonchev–Trinajstić information content (AvgIpc) is 2.25. The molecule has 0 aliphatic rings. The van der Waals surface area contributed by atoms with Crippen LogP contribution in [0.25, 0.3) is 0 Å². The highest BCUT2D eigenvalue weighted by atomic mass is 16.4. The largest absolute Gasteiger partial charge is 0.480 e. The van der Waals surface area contributed by atoms with E-state index in [4.69, 9.17) is 5.11 Å². The van der Waals surface area contributed by atoms with Crippen molar-refractivity contribution in [3.05, 3.63) is 0 Å². The van der Waals surface area contributed by atoms with Gasteiger partial charge >= 0.3 is 5.97 Å². The molecule has 2 atom stereocenters. The molecule has 16 heavy (non-hydrogen) atoms. The van der Waals surface area contributed by atoms with Gasteiger partial charge in [0.15, 0.2) is 0 Å². The van der Waals surface area contributed by atoms with Crippen LogP contribution in [0.15, 0.2) is 0 Å². The Balaban J connectivity index is 4.29. The van der Waals surface area contributed by atoms with E-state index in [1.165, 1.54) is 6.42 Å². The SMILES string of the molecule is CCCCN(C)C(C)CC(C)(NC)C(=O)O. The van der Waals surface area contributed by atoms with Gasteiger partial charge in [0.05, 0.1) is 0 Å². The van der Waals surface area contributed by atoms with Crippen LogP contribution in [0.5, 0.6) is 0 Å². The van der Waals surface area contributed by atoms with Crippen LogP contribution in [-0.2, 0) is 4.79 Å². The molecule has 0 rings (SSSR count). The van der Waals surface area contributed by atoms with E-state index in [-0.39, 0.29) is 6.04 Å². The molecule has 0 aliphatic heterocycles. The zero-order valence-electron chi connectivity index (χ0n) is 11.2. The van der Waals surface area contributed by atoms with E-state index < -0.39 is 11.5 Å². The van der Waals surface area contributed by atoms with Crippen molar-refractivity contribution in [1.29, 1.82) is 0 Å². The Labute approximate surface area is 99.0 Å². The molecular weight excluding hydrogens is 204 g/mol. The third kappa shape index (κ3) is 4.49. The number of unbranched alkanes of at least 4 members (excludes halogenated alkanes) is 1. The summed E-state index contributed by atoms with van der Waals surface area (Å²) in [5.74, 6) is -0.786. The maximum absolute atomic E-state index is 11.1. The summed E-state index contributed by atoms with van der Waals surface area (Å²) in [7, 11) is 3.76. The Bertz CT molecular complexity index is 221. The Morgan fingerprint density at radius 2 is 2.12 bits per heavy atom. The highest BCUT2D eigenvalue weighted by Gasteiger charge is 2.33. The summed E-state index contributed by atoms with van der Waals surface area (Å²) >= 11 is 0. The second-order valence-corrected chi connectivity index (χ2v) is 4.77. The van der Waals surface area contributed by atoms with Gasteiger partial charge in [0.1, 0.15) is 5.54 Å². The van der Waals surface area contributed by atoms with Crippen LogP contribution in [-0.4, -0.2) is 48.2 Å². The number of likely N-dealkylation sites (N-methyl/N-ethyl adjacent to an activating group) is 1. The standard InChI is InChI=1S/C12H26N2O2/c1-6-7-8-14(5)10(2)9-12(3,13-4)11(15)16/h10,13H,6-9H2,1-5H3,(H,15,16). The minimum atomic E-state index is -0.833. The summed E-state index contributed by atoms with van der Waals surface area (Å²) in [5.41, 5.74) is -0.833. The molecule has 2 unspecified atom stereocenters. The van der Waals surface area contributed by atoms with Gasteiger partial charge in [-0.15, -0.1) is 0 Å². The fourth-order valence-corrected chi connectivity index (χ4v) is 1.67. The Morgan fingerprint density at radius 3 is 2.50 bits per heavy atom. The molecule has 0 fully saturated rings. The molecule has 0 aromatic heterocycles. The van der Waals surface area contributed by atoms with Crippen LogP contribution in [0.4, 0.5) is 0 Å². The minimum Gasteiger partial charge on any atom is -0.480 e. The molecule has 0 spiro atoms. The second-order valence-electron chi connectivity index (χ2n) is 4.77. The predicted octanol–water partition coefficient (Wildman–Crippen LogP) is 1.56. The van der Waals surface area contributed by atoms with Crippen molar-refractivity contribution in [2.75, 3.05) is 20.6 Å². The van der Waals surface area contributed by atoms with Gasteiger partial charge in [-0.25, -0.2) is 0 Å². The Kier molecular flexibility index (Phi) is 6.60. The van der Waals surface area contributed by atoms with Gasteiger partial charge in [0.2, 0.25) is 0 Å². The maximum atomic E-state index is 11.1. The fraction of sp³-hybridized carbons (Fsp3) is 0.917. The number of rotatable bonds is 8. The molecule has 0 radical (unpaired) electrons. The topological polar surface area (TPSA) is 52.6 Å². The van der Waals surface area contributed by atoms with Crippen molar-refractivity contribution in [3.63, 3.8) is 0 Å². The highest BCUT2D eigenvalue weighted by Crippen LogP contribution is 2.15. The summed E-state index contributed by atoms with van der Waals surface area (Å²) in [6.07, 6.45) is 2.93. The van der Waals surface area contributed by atoms with Crippen molar-refractivity contribution in [1.82, 2.24) is 10.2 Å². The lowest BCUT2D eigenvalue weighted by Crippen LogP contribution is -2.51. The van der Waals surface area contributed by atoms with Gasteiger partial charge < -0.3 is 15.3 Å². The molecular formula is C12H26N2O2. The Hall–Kier alpha value is -0.610. The molecule has 96 valence electrons. The fourth-order valence-electron chi connectivity index (χ4n) is 1.67. The van der Waals surface area contributed by atoms with E-state index in [1.807, 2.05) is 0 Å². The number of hydrogen-bond acceptors (Lipinski definition) is 3. The average molecular weight is 230 g/mol. The van der Waals surface area contributed by atoms with E-state index >= 15 is 0 Å². The predicted molar refractivity (Wildman–Crippen MR) is 66.7 cm³/mol. The van der Waals surface area contributed by atoms with Gasteiger partial charge in [0.25, 0.3) is 0 Å². The first-order chi connectivity index (χ1) is 7.37. The summed E-state index contributed by atoms with van der Waals surface area (Å²) < 4.78 is 0. The van der Waals surface area contributed by atoms with Crippen molar-refractivity contribution in [2.24, 2.45) is 0 Å². The van der Waals surface area contributed by atoms with Crippen LogP contribution < -0.4 is 5.32 Å². The molecule has 0 amide bonds. The molecule has 0 saturated carbocycles. The van der Waals surface area contributed by atoms with Crippen LogP contribution in [0.2, 0.25) is 0 Å². The lowest BCUT2D eigenvalue weighted by Gasteiger charge is -2.32.